The molecule has 88 valence electrons. The van der Waals surface area contributed by atoms with Crippen LogP contribution in [0.15, 0.2) is 0 Å². The molecule has 2 N–H and O–H groups in total. The van der Waals surface area contributed by atoms with Crippen molar-refractivity contribution in [3.05, 3.63) is 0 Å². The molecule has 0 radical (unpaired) electrons. The molecule has 0 saturated carbocycles. The third-order valence-corrected chi connectivity index (χ3v) is 3.03. The second-order valence-electron chi connectivity index (χ2n) is 4.27. The number of amides is 1. The van der Waals surface area contributed by atoms with Crippen molar-refractivity contribution >= 4 is 5.91 Å². The monoisotopic (exact) mass is 214 g/mol. The van der Waals surface area contributed by atoms with E-state index in [1.807, 2.05) is 4.90 Å². The maximum Gasteiger partial charge on any atom is 0.236 e. The van der Waals surface area contributed by atoms with Crippen molar-refractivity contribution in [2.45, 2.75) is 32.3 Å². The summed E-state index contributed by atoms with van der Waals surface area (Å²) in [5.41, 5.74) is 0. The molecule has 1 fully saturated rings. The Morgan fingerprint density at radius 3 is 2.93 bits per heavy atom. The molecular formula is C11H22N2O2. The van der Waals surface area contributed by atoms with Gasteiger partial charge in [-0.1, -0.05) is 13.3 Å². The average Bonchev–Trinajstić information content (AvgIpc) is 2.22. The summed E-state index contributed by atoms with van der Waals surface area (Å²) in [4.78, 5) is 13.5. The number of likely N-dealkylation sites (tertiary alicyclic amines) is 1. The van der Waals surface area contributed by atoms with Crippen LogP contribution in [0.2, 0.25) is 0 Å². The number of carbonyl (C=O) groups excluding carboxylic acids is 1. The van der Waals surface area contributed by atoms with E-state index in [1.54, 1.807) is 7.05 Å². The largest absolute Gasteiger partial charge is 0.393 e. The molecule has 4 nitrogen and oxygen atoms in total. The van der Waals surface area contributed by atoms with E-state index in [0.29, 0.717) is 13.1 Å². The Morgan fingerprint density at radius 1 is 1.60 bits per heavy atom. The van der Waals surface area contributed by atoms with Crippen molar-refractivity contribution < 1.29 is 9.90 Å². The minimum absolute atomic E-state index is 0.144. The van der Waals surface area contributed by atoms with Crippen LogP contribution < -0.4 is 5.32 Å². The van der Waals surface area contributed by atoms with E-state index in [9.17, 15) is 9.90 Å². The van der Waals surface area contributed by atoms with Gasteiger partial charge in [0.05, 0.1) is 12.6 Å². The van der Waals surface area contributed by atoms with Gasteiger partial charge in [0, 0.05) is 19.0 Å². The number of aliphatic hydroxyl groups is 1. The van der Waals surface area contributed by atoms with Crippen LogP contribution in [-0.2, 0) is 4.79 Å². The fourth-order valence-corrected chi connectivity index (χ4v) is 2.16. The summed E-state index contributed by atoms with van der Waals surface area (Å²) >= 11 is 0. The number of rotatable bonds is 4. The Hall–Kier alpha value is -0.610. The molecule has 0 aromatic heterocycles. The van der Waals surface area contributed by atoms with Gasteiger partial charge in [0.2, 0.25) is 5.91 Å². The van der Waals surface area contributed by atoms with Gasteiger partial charge in [-0.25, -0.2) is 0 Å². The highest BCUT2D eigenvalue weighted by molar-refractivity contribution is 5.78. The Balaban J connectivity index is 2.45. The molecule has 0 spiro atoms. The van der Waals surface area contributed by atoms with E-state index in [-0.39, 0.29) is 17.9 Å². The average molecular weight is 214 g/mol. The lowest BCUT2D eigenvalue weighted by atomic mass is 9.91. The SMILES string of the molecule is CCC[C@H]1CN(C(=O)CNC)CC[C@@H]1O. The zero-order valence-corrected chi connectivity index (χ0v) is 9.70. The highest BCUT2D eigenvalue weighted by atomic mass is 16.3. The summed E-state index contributed by atoms with van der Waals surface area (Å²) < 4.78 is 0. The van der Waals surface area contributed by atoms with Crippen LogP contribution in [0.1, 0.15) is 26.2 Å². The Labute approximate surface area is 91.6 Å². The van der Waals surface area contributed by atoms with Gasteiger partial charge >= 0.3 is 0 Å². The first-order chi connectivity index (χ1) is 7.19. The maximum absolute atomic E-state index is 11.6. The summed E-state index contributed by atoms with van der Waals surface area (Å²) in [5, 5.41) is 12.6. The third-order valence-electron chi connectivity index (χ3n) is 3.03. The Bertz CT molecular complexity index is 209. The highest BCUT2D eigenvalue weighted by Crippen LogP contribution is 2.21. The maximum atomic E-state index is 11.6. The molecule has 0 aromatic rings. The Kier molecular flexibility index (Phi) is 5.05. The first kappa shape index (κ1) is 12.5. The number of carbonyl (C=O) groups is 1. The van der Waals surface area contributed by atoms with Crippen LogP contribution >= 0.6 is 0 Å². The fourth-order valence-electron chi connectivity index (χ4n) is 2.16. The van der Waals surface area contributed by atoms with Gasteiger partial charge in [-0.3, -0.25) is 4.79 Å². The molecule has 4 heteroatoms. The predicted molar refractivity (Wildman–Crippen MR) is 59.5 cm³/mol. The van der Waals surface area contributed by atoms with Gasteiger partial charge in [-0.05, 0) is 19.9 Å². The molecule has 1 rings (SSSR count). The highest BCUT2D eigenvalue weighted by Gasteiger charge is 2.28. The molecule has 1 aliphatic rings. The first-order valence-electron chi connectivity index (χ1n) is 5.79. The first-order valence-corrected chi connectivity index (χ1v) is 5.79. The molecule has 1 amide bonds. The molecule has 1 saturated heterocycles. The van der Waals surface area contributed by atoms with Gasteiger partial charge in [-0.2, -0.15) is 0 Å². The standard InChI is InChI=1S/C11H22N2O2/c1-3-4-9-8-13(6-5-10(9)14)11(15)7-12-2/h9-10,12,14H,3-8H2,1-2H3/t9-,10-/m0/s1. The van der Waals surface area contributed by atoms with E-state index < -0.39 is 0 Å². The molecule has 1 heterocycles. The third kappa shape index (κ3) is 3.47. The molecular weight excluding hydrogens is 192 g/mol. The predicted octanol–water partition coefficient (Wildman–Crippen LogP) is 0.215. The quantitative estimate of drug-likeness (QED) is 0.703. The number of likely N-dealkylation sites (N-methyl/N-ethyl adjacent to an activating group) is 1. The number of piperidine rings is 1. The zero-order valence-electron chi connectivity index (χ0n) is 9.70. The van der Waals surface area contributed by atoms with E-state index in [0.717, 1.165) is 25.8 Å². The van der Waals surface area contributed by atoms with Gasteiger partial charge < -0.3 is 15.3 Å². The molecule has 0 aromatic carbocycles. The second-order valence-corrected chi connectivity index (χ2v) is 4.27. The molecule has 1 aliphatic heterocycles. The lowest BCUT2D eigenvalue weighted by Gasteiger charge is -2.36. The second kappa shape index (κ2) is 6.08. The summed E-state index contributed by atoms with van der Waals surface area (Å²) in [6.45, 7) is 3.92. The van der Waals surface area contributed by atoms with Crippen LogP contribution in [0.4, 0.5) is 0 Å². The number of aliphatic hydroxyl groups excluding tert-OH is 1. The van der Waals surface area contributed by atoms with E-state index in [2.05, 4.69) is 12.2 Å². The summed E-state index contributed by atoms with van der Waals surface area (Å²) in [6.07, 6.45) is 2.57. The number of nitrogens with one attached hydrogen (secondary N) is 1. The van der Waals surface area contributed by atoms with Crippen LogP contribution in [0, 0.1) is 5.92 Å². The number of hydrogen-bond donors (Lipinski definition) is 2. The summed E-state index contributed by atoms with van der Waals surface area (Å²) in [7, 11) is 1.78. The van der Waals surface area contributed by atoms with Crippen molar-refractivity contribution in [2.24, 2.45) is 5.92 Å². The smallest absolute Gasteiger partial charge is 0.236 e. The van der Waals surface area contributed by atoms with Crippen LogP contribution in [-0.4, -0.2) is 48.7 Å². The topological polar surface area (TPSA) is 52.6 Å². The lowest BCUT2D eigenvalue weighted by Crippen LogP contribution is -2.48. The number of nitrogens with zero attached hydrogens (tertiary/aromatic N) is 1. The molecule has 0 aliphatic carbocycles. The van der Waals surface area contributed by atoms with Crippen molar-refractivity contribution in [2.75, 3.05) is 26.7 Å². The minimum Gasteiger partial charge on any atom is -0.393 e. The van der Waals surface area contributed by atoms with Gasteiger partial charge in [0.25, 0.3) is 0 Å². The molecule has 0 unspecified atom stereocenters. The fraction of sp³-hybridized carbons (Fsp3) is 0.909. The van der Waals surface area contributed by atoms with E-state index in [1.165, 1.54) is 0 Å². The van der Waals surface area contributed by atoms with Crippen molar-refractivity contribution in [3.8, 4) is 0 Å². The minimum atomic E-state index is -0.219. The van der Waals surface area contributed by atoms with Crippen LogP contribution in [0.5, 0.6) is 0 Å². The summed E-state index contributed by atoms with van der Waals surface area (Å²) in [6, 6.07) is 0. The molecule has 2 atom stereocenters. The van der Waals surface area contributed by atoms with E-state index in [4.69, 9.17) is 0 Å². The van der Waals surface area contributed by atoms with Crippen molar-refractivity contribution in [3.63, 3.8) is 0 Å². The normalized spacial score (nSPS) is 26.7. The van der Waals surface area contributed by atoms with Gasteiger partial charge in [0.1, 0.15) is 0 Å². The van der Waals surface area contributed by atoms with Crippen LogP contribution in [0.3, 0.4) is 0 Å². The lowest BCUT2D eigenvalue weighted by molar-refractivity contribution is -0.134. The summed E-state index contributed by atoms with van der Waals surface area (Å²) in [5.74, 6) is 0.412. The Morgan fingerprint density at radius 2 is 2.33 bits per heavy atom. The van der Waals surface area contributed by atoms with E-state index >= 15 is 0 Å². The molecule has 15 heavy (non-hydrogen) atoms. The number of hydrogen-bond acceptors (Lipinski definition) is 3. The van der Waals surface area contributed by atoms with Crippen molar-refractivity contribution in [1.29, 1.82) is 0 Å². The van der Waals surface area contributed by atoms with Crippen molar-refractivity contribution in [1.82, 2.24) is 10.2 Å². The van der Waals surface area contributed by atoms with Crippen LogP contribution in [0.25, 0.3) is 0 Å². The zero-order chi connectivity index (χ0) is 11.3. The van der Waals surface area contributed by atoms with Gasteiger partial charge in [0.15, 0.2) is 0 Å². The van der Waals surface area contributed by atoms with Gasteiger partial charge in [-0.15, -0.1) is 0 Å². The molecule has 0 bridgehead atoms.